The second-order valence-electron chi connectivity index (χ2n) is 4.15. The molecular weight excluding hydrogens is 319 g/mol. The molecule has 1 aromatic carbocycles. The van der Waals surface area contributed by atoms with E-state index in [1.54, 1.807) is 6.07 Å². The Morgan fingerprint density at radius 2 is 2.24 bits per heavy atom. The third kappa shape index (κ3) is 3.43. The van der Waals surface area contributed by atoms with Crippen molar-refractivity contribution in [1.82, 2.24) is 9.97 Å². The van der Waals surface area contributed by atoms with Crippen LogP contribution in [0.2, 0.25) is 5.02 Å². The molecule has 21 heavy (non-hydrogen) atoms. The molecule has 0 bridgehead atoms. The van der Waals surface area contributed by atoms with Gasteiger partial charge in [0.1, 0.15) is 16.4 Å². The first-order valence-electron chi connectivity index (χ1n) is 5.80. The Morgan fingerprint density at radius 1 is 1.52 bits per heavy atom. The van der Waals surface area contributed by atoms with Crippen LogP contribution in [-0.4, -0.2) is 21.0 Å². The summed E-state index contributed by atoms with van der Waals surface area (Å²) in [5, 5.41) is 9.22. The van der Waals surface area contributed by atoms with E-state index in [0.29, 0.717) is 5.56 Å². The summed E-state index contributed by atoms with van der Waals surface area (Å²) in [7, 11) is 0. The molecule has 0 saturated heterocycles. The number of carboxylic acid groups (broad SMARTS) is 1. The lowest BCUT2D eigenvalue weighted by atomic mass is 10.2. The van der Waals surface area contributed by atoms with Gasteiger partial charge >= 0.3 is 11.7 Å². The standard InChI is InChI=1S/C13H10ClFN2O3S/c1-6-9(12(18)19)11(17-13(20)16-6)21-5-7-3-2-4-8(15)10(7)14/h2-4H,5H2,1H3,(H,18,19)(H,16,17,20). The van der Waals surface area contributed by atoms with Gasteiger partial charge in [0.2, 0.25) is 0 Å². The van der Waals surface area contributed by atoms with Crippen LogP contribution in [0.25, 0.3) is 0 Å². The lowest BCUT2D eigenvalue weighted by molar-refractivity contribution is 0.0690. The third-order valence-corrected chi connectivity index (χ3v) is 4.14. The number of rotatable bonds is 4. The number of aromatic carboxylic acids is 1. The van der Waals surface area contributed by atoms with Gasteiger partial charge in [-0.3, -0.25) is 0 Å². The van der Waals surface area contributed by atoms with Crippen molar-refractivity contribution in [2.75, 3.05) is 0 Å². The van der Waals surface area contributed by atoms with E-state index in [4.69, 9.17) is 11.6 Å². The Hall–Kier alpha value is -1.86. The van der Waals surface area contributed by atoms with Crippen LogP contribution < -0.4 is 5.69 Å². The maximum absolute atomic E-state index is 13.3. The van der Waals surface area contributed by atoms with Crippen molar-refractivity contribution in [2.24, 2.45) is 0 Å². The molecule has 0 aliphatic carbocycles. The van der Waals surface area contributed by atoms with E-state index in [2.05, 4.69) is 9.97 Å². The Bertz CT molecular complexity index is 764. The SMILES string of the molecule is Cc1[nH]c(=O)nc(SCc2cccc(F)c2Cl)c1C(=O)O. The van der Waals surface area contributed by atoms with Crippen molar-refractivity contribution in [2.45, 2.75) is 17.7 Å². The largest absolute Gasteiger partial charge is 0.478 e. The molecule has 0 saturated carbocycles. The maximum Gasteiger partial charge on any atom is 0.346 e. The number of thioether (sulfide) groups is 1. The Kier molecular flexibility index (Phi) is 4.64. The number of nitrogens with one attached hydrogen (secondary N) is 1. The summed E-state index contributed by atoms with van der Waals surface area (Å²) in [4.78, 5) is 28.6. The molecule has 0 atom stereocenters. The fourth-order valence-electron chi connectivity index (χ4n) is 1.72. The van der Waals surface area contributed by atoms with E-state index in [1.807, 2.05) is 0 Å². The minimum atomic E-state index is -1.19. The molecule has 1 aromatic heterocycles. The average Bonchev–Trinajstić information content (AvgIpc) is 2.39. The highest BCUT2D eigenvalue weighted by molar-refractivity contribution is 7.98. The van der Waals surface area contributed by atoms with Gasteiger partial charge in [-0.15, -0.1) is 11.8 Å². The minimum absolute atomic E-state index is 0.0246. The first-order chi connectivity index (χ1) is 9.90. The van der Waals surface area contributed by atoms with Crippen molar-refractivity contribution < 1.29 is 14.3 Å². The number of halogens is 2. The maximum atomic E-state index is 13.3. The summed E-state index contributed by atoms with van der Waals surface area (Å²) >= 11 is 6.85. The number of hydrogen-bond donors (Lipinski definition) is 2. The number of carbonyl (C=O) groups is 1. The normalized spacial score (nSPS) is 10.6. The van der Waals surface area contributed by atoms with Gasteiger partial charge in [0, 0.05) is 11.4 Å². The molecule has 0 aliphatic rings. The molecule has 2 rings (SSSR count). The van der Waals surface area contributed by atoms with Crippen LogP contribution in [0.5, 0.6) is 0 Å². The molecule has 2 N–H and O–H groups in total. The van der Waals surface area contributed by atoms with Crippen LogP contribution in [0.4, 0.5) is 4.39 Å². The third-order valence-electron chi connectivity index (χ3n) is 2.70. The number of nitrogens with zero attached hydrogens (tertiary/aromatic N) is 1. The van der Waals surface area contributed by atoms with Gasteiger partial charge in [0.25, 0.3) is 0 Å². The second-order valence-corrected chi connectivity index (χ2v) is 5.50. The number of hydrogen-bond acceptors (Lipinski definition) is 4. The van der Waals surface area contributed by atoms with Crippen molar-refractivity contribution in [1.29, 1.82) is 0 Å². The highest BCUT2D eigenvalue weighted by Gasteiger charge is 2.17. The van der Waals surface area contributed by atoms with Crippen molar-refractivity contribution in [3.63, 3.8) is 0 Å². The van der Waals surface area contributed by atoms with E-state index in [9.17, 15) is 19.1 Å². The second kappa shape index (κ2) is 6.28. The molecule has 0 fully saturated rings. The van der Waals surface area contributed by atoms with E-state index in [1.165, 1.54) is 19.1 Å². The predicted octanol–water partition coefficient (Wildman–Crippen LogP) is 2.86. The highest BCUT2D eigenvalue weighted by atomic mass is 35.5. The van der Waals surface area contributed by atoms with Gasteiger partial charge in [-0.2, -0.15) is 4.98 Å². The topological polar surface area (TPSA) is 83.0 Å². The van der Waals surface area contributed by atoms with Crippen LogP contribution >= 0.6 is 23.4 Å². The first kappa shape index (κ1) is 15.5. The summed E-state index contributed by atoms with van der Waals surface area (Å²) in [6.45, 7) is 1.48. The monoisotopic (exact) mass is 328 g/mol. The summed E-state index contributed by atoms with van der Waals surface area (Å²) in [6.07, 6.45) is 0. The van der Waals surface area contributed by atoms with E-state index < -0.39 is 17.5 Å². The molecular formula is C13H10ClFN2O3S. The molecule has 8 heteroatoms. The summed E-state index contributed by atoms with van der Waals surface area (Å²) in [5.74, 6) is -1.54. The average molecular weight is 329 g/mol. The number of benzene rings is 1. The molecule has 110 valence electrons. The van der Waals surface area contributed by atoms with Crippen molar-refractivity contribution in [3.05, 3.63) is 56.3 Å². The molecule has 0 unspecified atom stereocenters. The number of aromatic amines is 1. The number of H-pyrrole nitrogens is 1. The Balaban J connectivity index is 2.34. The minimum Gasteiger partial charge on any atom is -0.478 e. The van der Waals surface area contributed by atoms with Crippen LogP contribution in [0.15, 0.2) is 28.0 Å². The van der Waals surface area contributed by atoms with Crippen LogP contribution in [0.3, 0.4) is 0 Å². The lowest BCUT2D eigenvalue weighted by Crippen LogP contribution is -2.18. The van der Waals surface area contributed by atoms with E-state index in [0.717, 1.165) is 11.8 Å². The quantitative estimate of drug-likeness (QED) is 0.666. The summed E-state index contributed by atoms with van der Waals surface area (Å²) in [5.41, 5.74) is 0.00513. The molecule has 0 spiro atoms. The number of aryl methyl sites for hydroxylation is 1. The fourth-order valence-corrected chi connectivity index (χ4v) is 3.06. The van der Waals surface area contributed by atoms with Crippen molar-refractivity contribution >= 4 is 29.3 Å². The van der Waals surface area contributed by atoms with Gasteiger partial charge in [-0.1, -0.05) is 23.7 Å². The Labute approximate surface area is 128 Å². The van der Waals surface area contributed by atoms with Gasteiger partial charge < -0.3 is 10.1 Å². The molecule has 2 aromatic rings. The summed E-state index contributed by atoms with van der Waals surface area (Å²) < 4.78 is 13.3. The zero-order chi connectivity index (χ0) is 15.6. The van der Waals surface area contributed by atoms with Gasteiger partial charge in [-0.05, 0) is 18.6 Å². The molecule has 0 radical (unpaired) electrons. The summed E-state index contributed by atoms with van der Waals surface area (Å²) in [6, 6.07) is 4.36. The van der Waals surface area contributed by atoms with Crippen LogP contribution in [0.1, 0.15) is 21.6 Å². The van der Waals surface area contributed by atoms with E-state index >= 15 is 0 Å². The molecule has 0 aliphatic heterocycles. The van der Waals surface area contributed by atoms with Crippen LogP contribution in [0, 0.1) is 12.7 Å². The molecule has 1 heterocycles. The molecule has 5 nitrogen and oxygen atoms in total. The number of aromatic nitrogens is 2. The predicted molar refractivity (Wildman–Crippen MR) is 77.5 cm³/mol. The van der Waals surface area contributed by atoms with Crippen molar-refractivity contribution in [3.8, 4) is 0 Å². The number of carboxylic acids is 1. The van der Waals surface area contributed by atoms with E-state index in [-0.39, 0.29) is 27.1 Å². The van der Waals surface area contributed by atoms with Gasteiger partial charge in [0.05, 0.1) is 5.02 Å². The fraction of sp³-hybridized carbons (Fsp3) is 0.154. The zero-order valence-corrected chi connectivity index (χ0v) is 12.4. The zero-order valence-electron chi connectivity index (χ0n) is 10.8. The smallest absolute Gasteiger partial charge is 0.346 e. The van der Waals surface area contributed by atoms with Crippen LogP contribution in [-0.2, 0) is 5.75 Å². The molecule has 0 amide bonds. The highest BCUT2D eigenvalue weighted by Crippen LogP contribution is 2.29. The first-order valence-corrected chi connectivity index (χ1v) is 7.16. The lowest BCUT2D eigenvalue weighted by Gasteiger charge is -2.08. The Morgan fingerprint density at radius 3 is 2.90 bits per heavy atom. The van der Waals surface area contributed by atoms with Gasteiger partial charge in [0.15, 0.2) is 0 Å². The van der Waals surface area contributed by atoms with Gasteiger partial charge in [-0.25, -0.2) is 14.0 Å².